The minimum atomic E-state index is -0.119. The molecule has 1 aliphatic rings. The Hall–Kier alpha value is -1.75. The van der Waals surface area contributed by atoms with Gasteiger partial charge in [-0.15, -0.1) is 0 Å². The third-order valence-electron chi connectivity index (χ3n) is 4.17. The number of nitrogens with two attached hydrogens (primary N) is 1. The van der Waals surface area contributed by atoms with E-state index in [0.717, 1.165) is 6.54 Å². The summed E-state index contributed by atoms with van der Waals surface area (Å²) in [4.78, 5) is 14.5. The van der Waals surface area contributed by atoms with Crippen LogP contribution in [0, 0.1) is 0 Å². The second-order valence-corrected chi connectivity index (χ2v) is 5.63. The van der Waals surface area contributed by atoms with Crippen LogP contribution in [0.2, 0.25) is 0 Å². The molecule has 1 fully saturated rings. The first-order valence-corrected chi connectivity index (χ1v) is 7.53. The number of likely N-dealkylation sites (N-methyl/N-ethyl adjacent to an activating group) is 1. The van der Waals surface area contributed by atoms with Crippen LogP contribution in [0.1, 0.15) is 36.0 Å². The van der Waals surface area contributed by atoms with Gasteiger partial charge in [-0.2, -0.15) is 0 Å². The Balaban J connectivity index is 1.84. The van der Waals surface area contributed by atoms with Crippen LogP contribution in [-0.4, -0.2) is 44.1 Å². The molecule has 1 saturated carbocycles. The van der Waals surface area contributed by atoms with E-state index in [-0.39, 0.29) is 5.91 Å². The summed E-state index contributed by atoms with van der Waals surface area (Å²) >= 11 is 0. The van der Waals surface area contributed by atoms with Crippen molar-refractivity contribution >= 4 is 11.6 Å². The molecule has 1 amide bonds. The van der Waals surface area contributed by atoms with E-state index in [0.29, 0.717) is 29.6 Å². The van der Waals surface area contributed by atoms with E-state index in [1.165, 1.54) is 25.7 Å². The van der Waals surface area contributed by atoms with Crippen molar-refractivity contribution in [2.45, 2.75) is 31.7 Å². The number of ether oxygens (including phenoxy) is 1. The number of hydrogen-bond acceptors (Lipinski definition) is 4. The van der Waals surface area contributed by atoms with Crippen LogP contribution in [0.15, 0.2) is 18.2 Å². The standard InChI is InChI=1S/C16H25N3O2/c1-19(13-5-3-4-6-13)10-9-18-16(20)14-8-7-12(17)11-15(14)21-2/h7-8,11,13H,3-6,9-10,17H2,1-2H3,(H,18,20). The van der Waals surface area contributed by atoms with Gasteiger partial charge in [0.15, 0.2) is 0 Å². The van der Waals surface area contributed by atoms with Crippen LogP contribution in [0.25, 0.3) is 0 Å². The molecule has 0 heterocycles. The Bertz CT molecular complexity index is 484. The zero-order chi connectivity index (χ0) is 15.2. The Morgan fingerprint density at radius 1 is 1.43 bits per heavy atom. The van der Waals surface area contributed by atoms with Gasteiger partial charge in [0.1, 0.15) is 5.75 Å². The zero-order valence-electron chi connectivity index (χ0n) is 12.9. The summed E-state index contributed by atoms with van der Waals surface area (Å²) in [5, 5.41) is 2.95. The third-order valence-corrected chi connectivity index (χ3v) is 4.17. The fourth-order valence-corrected chi connectivity index (χ4v) is 2.86. The molecule has 0 atom stereocenters. The lowest BCUT2D eigenvalue weighted by molar-refractivity contribution is 0.0944. The van der Waals surface area contributed by atoms with E-state index in [4.69, 9.17) is 10.5 Å². The lowest BCUT2D eigenvalue weighted by atomic mass is 10.1. The second kappa shape index (κ2) is 7.31. The average Bonchev–Trinajstić information content (AvgIpc) is 3.01. The molecule has 1 aliphatic carbocycles. The molecule has 21 heavy (non-hydrogen) atoms. The molecular weight excluding hydrogens is 266 g/mol. The molecule has 1 aromatic carbocycles. The SMILES string of the molecule is COc1cc(N)ccc1C(=O)NCCN(C)C1CCCC1. The summed E-state index contributed by atoms with van der Waals surface area (Å²) < 4.78 is 5.20. The zero-order valence-corrected chi connectivity index (χ0v) is 12.9. The highest BCUT2D eigenvalue weighted by Gasteiger charge is 2.19. The molecule has 5 nitrogen and oxygen atoms in total. The molecule has 3 N–H and O–H groups in total. The number of nitrogens with one attached hydrogen (secondary N) is 1. The second-order valence-electron chi connectivity index (χ2n) is 5.63. The number of rotatable bonds is 6. The first kappa shape index (κ1) is 15.6. The van der Waals surface area contributed by atoms with E-state index < -0.39 is 0 Å². The molecule has 0 unspecified atom stereocenters. The number of anilines is 1. The van der Waals surface area contributed by atoms with Crippen LogP contribution in [0.3, 0.4) is 0 Å². The minimum absolute atomic E-state index is 0.119. The summed E-state index contributed by atoms with van der Waals surface area (Å²) in [6.45, 7) is 1.51. The highest BCUT2D eigenvalue weighted by molar-refractivity contribution is 5.97. The smallest absolute Gasteiger partial charge is 0.255 e. The summed E-state index contributed by atoms with van der Waals surface area (Å²) in [6, 6.07) is 5.75. The normalized spacial score (nSPS) is 15.4. The largest absolute Gasteiger partial charge is 0.496 e. The molecule has 0 saturated heterocycles. The van der Waals surface area contributed by atoms with Crippen molar-refractivity contribution in [3.63, 3.8) is 0 Å². The maximum atomic E-state index is 12.2. The number of nitrogens with zero attached hydrogens (tertiary/aromatic N) is 1. The molecule has 0 spiro atoms. The summed E-state index contributed by atoms with van der Waals surface area (Å²) in [5.41, 5.74) is 6.81. The maximum Gasteiger partial charge on any atom is 0.255 e. The highest BCUT2D eigenvalue weighted by atomic mass is 16.5. The Kier molecular flexibility index (Phi) is 5.44. The van der Waals surface area contributed by atoms with Gasteiger partial charge in [-0.25, -0.2) is 0 Å². The predicted molar refractivity (Wildman–Crippen MR) is 84.6 cm³/mol. The summed E-state index contributed by atoms with van der Waals surface area (Å²) in [6.07, 6.45) is 5.19. The van der Waals surface area contributed by atoms with Crippen LogP contribution in [-0.2, 0) is 0 Å². The van der Waals surface area contributed by atoms with E-state index in [2.05, 4.69) is 17.3 Å². The van der Waals surface area contributed by atoms with Gasteiger partial charge in [0.2, 0.25) is 0 Å². The van der Waals surface area contributed by atoms with Gasteiger partial charge in [-0.1, -0.05) is 12.8 Å². The molecule has 0 aromatic heterocycles. The fraction of sp³-hybridized carbons (Fsp3) is 0.562. The van der Waals surface area contributed by atoms with Crippen molar-refractivity contribution < 1.29 is 9.53 Å². The first-order chi connectivity index (χ1) is 10.1. The van der Waals surface area contributed by atoms with Crippen molar-refractivity contribution in [2.24, 2.45) is 0 Å². The third kappa shape index (κ3) is 4.11. The van der Waals surface area contributed by atoms with E-state index >= 15 is 0 Å². The summed E-state index contributed by atoms with van der Waals surface area (Å²) in [7, 11) is 3.67. The number of methoxy groups -OCH3 is 1. The summed E-state index contributed by atoms with van der Waals surface area (Å²) in [5.74, 6) is 0.392. The number of nitrogen functional groups attached to an aromatic ring is 1. The topological polar surface area (TPSA) is 67.6 Å². The molecule has 1 aromatic rings. The first-order valence-electron chi connectivity index (χ1n) is 7.53. The molecule has 5 heteroatoms. The number of carbonyl (C=O) groups excluding carboxylic acids is 1. The van der Waals surface area contributed by atoms with Gasteiger partial charge in [0.05, 0.1) is 12.7 Å². The molecule has 2 rings (SSSR count). The van der Waals surface area contributed by atoms with Gasteiger partial charge >= 0.3 is 0 Å². The van der Waals surface area contributed by atoms with Crippen LogP contribution < -0.4 is 15.8 Å². The number of amides is 1. The molecule has 116 valence electrons. The van der Waals surface area contributed by atoms with Crippen molar-refractivity contribution in [1.29, 1.82) is 0 Å². The van der Waals surface area contributed by atoms with Crippen molar-refractivity contribution in [2.75, 3.05) is 33.0 Å². The molecule has 0 bridgehead atoms. The number of hydrogen-bond donors (Lipinski definition) is 2. The minimum Gasteiger partial charge on any atom is -0.496 e. The van der Waals surface area contributed by atoms with Crippen LogP contribution >= 0.6 is 0 Å². The Morgan fingerprint density at radius 3 is 2.81 bits per heavy atom. The van der Waals surface area contributed by atoms with Crippen molar-refractivity contribution in [1.82, 2.24) is 10.2 Å². The lowest BCUT2D eigenvalue weighted by Crippen LogP contribution is -2.37. The quantitative estimate of drug-likeness (QED) is 0.785. The van der Waals surface area contributed by atoms with Gasteiger partial charge < -0.3 is 20.7 Å². The van der Waals surface area contributed by atoms with Gasteiger partial charge in [-0.05, 0) is 32.0 Å². The maximum absolute atomic E-state index is 12.2. The van der Waals surface area contributed by atoms with Gasteiger partial charge in [0, 0.05) is 30.9 Å². The van der Waals surface area contributed by atoms with E-state index in [1.807, 2.05) is 0 Å². The monoisotopic (exact) mass is 291 g/mol. The average molecular weight is 291 g/mol. The number of carbonyl (C=O) groups is 1. The molecule has 0 aliphatic heterocycles. The van der Waals surface area contributed by atoms with Crippen LogP contribution in [0.4, 0.5) is 5.69 Å². The van der Waals surface area contributed by atoms with Crippen molar-refractivity contribution in [3.05, 3.63) is 23.8 Å². The Morgan fingerprint density at radius 2 is 2.14 bits per heavy atom. The van der Waals surface area contributed by atoms with E-state index in [9.17, 15) is 4.79 Å². The lowest BCUT2D eigenvalue weighted by Gasteiger charge is -2.24. The van der Waals surface area contributed by atoms with Gasteiger partial charge in [0.25, 0.3) is 5.91 Å². The molecular formula is C16H25N3O2. The van der Waals surface area contributed by atoms with Gasteiger partial charge in [-0.3, -0.25) is 4.79 Å². The molecule has 0 radical (unpaired) electrons. The highest BCUT2D eigenvalue weighted by Crippen LogP contribution is 2.22. The van der Waals surface area contributed by atoms with Crippen LogP contribution in [0.5, 0.6) is 5.75 Å². The Labute approximate surface area is 126 Å². The van der Waals surface area contributed by atoms with Crippen molar-refractivity contribution in [3.8, 4) is 5.75 Å². The predicted octanol–water partition coefficient (Wildman–Crippen LogP) is 1.88. The fourth-order valence-electron chi connectivity index (χ4n) is 2.86. The van der Waals surface area contributed by atoms with E-state index in [1.54, 1.807) is 25.3 Å². The number of benzene rings is 1.